The number of alkyl halides is 1. The first kappa shape index (κ1) is 11.0. The molecule has 4 heteroatoms. The average Bonchev–Trinajstić information content (AvgIpc) is 2.58. The Morgan fingerprint density at radius 3 is 2.80 bits per heavy atom. The molecule has 2 nitrogen and oxygen atoms in total. The Kier molecular flexibility index (Phi) is 3.03. The van der Waals surface area contributed by atoms with Gasteiger partial charge in [-0.2, -0.15) is 0 Å². The summed E-state index contributed by atoms with van der Waals surface area (Å²) in [6, 6.07) is 1.97. The second kappa shape index (κ2) is 4.14. The van der Waals surface area contributed by atoms with E-state index in [0.29, 0.717) is 5.88 Å². The summed E-state index contributed by atoms with van der Waals surface area (Å²) in [4.78, 5) is 12.7. The molecule has 1 aromatic heterocycles. The zero-order chi connectivity index (χ0) is 10.9. The maximum absolute atomic E-state index is 11.9. The molecule has 1 amide bonds. The molecule has 0 unspecified atom stereocenters. The van der Waals surface area contributed by atoms with Crippen LogP contribution in [0.5, 0.6) is 0 Å². The van der Waals surface area contributed by atoms with Crippen molar-refractivity contribution < 1.29 is 4.79 Å². The number of amides is 1. The zero-order valence-electron chi connectivity index (χ0n) is 8.68. The van der Waals surface area contributed by atoms with Crippen LogP contribution in [0, 0.1) is 6.92 Å². The van der Waals surface area contributed by atoms with Gasteiger partial charge in [0.25, 0.3) is 5.91 Å². The Bertz CT molecular complexity index is 365. The van der Waals surface area contributed by atoms with Crippen LogP contribution in [0.3, 0.4) is 0 Å². The Hall–Kier alpha value is -0.540. The number of thiophene rings is 1. The van der Waals surface area contributed by atoms with Crippen molar-refractivity contribution in [2.24, 2.45) is 0 Å². The van der Waals surface area contributed by atoms with E-state index in [1.807, 2.05) is 18.4 Å². The van der Waals surface area contributed by atoms with Crippen molar-refractivity contribution in [1.82, 2.24) is 5.32 Å². The lowest BCUT2D eigenvalue weighted by molar-refractivity contribution is 0.0857. The Morgan fingerprint density at radius 2 is 2.40 bits per heavy atom. The molecule has 1 saturated carbocycles. The van der Waals surface area contributed by atoms with Crippen LogP contribution in [-0.2, 0) is 0 Å². The van der Waals surface area contributed by atoms with E-state index in [1.54, 1.807) is 0 Å². The summed E-state index contributed by atoms with van der Waals surface area (Å²) in [5, 5.41) is 5.01. The van der Waals surface area contributed by atoms with Crippen LogP contribution in [0.1, 0.15) is 34.5 Å². The lowest BCUT2D eigenvalue weighted by Gasteiger charge is -2.40. The van der Waals surface area contributed by atoms with Crippen molar-refractivity contribution in [3.63, 3.8) is 0 Å². The molecule has 15 heavy (non-hydrogen) atoms. The maximum atomic E-state index is 11.9. The molecule has 1 aliphatic carbocycles. The van der Waals surface area contributed by atoms with E-state index >= 15 is 0 Å². The molecule has 1 aromatic rings. The summed E-state index contributed by atoms with van der Waals surface area (Å²) in [6.07, 6.45) is 3.18. The van der Waals surface area contributed by atoms with Crippen molar-refractivity contribution in [2.45, 2.75) is 31.7 Å². The second-order valence-corrected chi connectivity index (χ2v) is 5.34. The van der Waals surface area contributed by atoms with Crippen LogP contribution in [-0.4, -0.2) is 17.3 Å². The summed E-state index contributed by atoms with van der Waals surface area (Å²) in [7, 11) is 0. The molecule has 1 aliphatic rings. The summed E-state index contributed by atoms with van der Waals surface area (Å²) in [6.45, 7) is 1.96. The molecule has 0 aromatic carbocycles. The van der Waals surface area contributed by atoms with E-state index in [9.17, 15) is 4.79 Å². The third-order valence-electron chi connectivity index (χ3n) is 3.01. The van der Waals surface area contributed by atoms with Gasteiger partial charge in [-0.15, -0.1) is 22.9 Å². The van der Waals surface area contributed by atoms with Crippen LogP contribution in [0.4, 0.5) is 0 Å². The van der Waals surface area contributed by atoms with Crippen LogP contribution in [0.2, 0.25) is 0 Å². The normalized spacial score (nSPS) is 18.3. The molecule has 0 radical (unpaired) electrons. The quantitative estimate of drug-likeness (QED) is 0.813. The fourth-order valence-corrected chi connectivity index (χ4v) is 2.95. The first-order valence-corrected chi connectivity index (χ1v) is 6.51. The Labute approximate surface area is 98.6 Å². The van der Waals surface area contributed by atoms with E-state index in [1.165, 1.54) is 11.3 Å². The van der Waals surface area contributed by atoms with Crippen molar-refractivity contribution in [2.75, 3.05) is 5.88 Å². The van der Waals surface area contributed by atoms with E-state index in [-0.39, 0.29) is 11.4 Å². The van der Waals surface area contributed by atoms with Gasteiger partial charge < -0.3 is 5.32 Å². The minimum atomic E-state index is -0.130. The van der Waals surface area contributed by atoms with Crippen LogP contribution < -0.4 is 5.32 Å². The van der Waals surface area contributed by atoms with Gasteiger partial charge in [-0.3, -0.25) is 4.79 Å². The maximum Gasteiger partial charge on any atom is 0.262 e. The molecule has 0 saturated heterocycles. The fourth-order valence-electron chi connectivity index (χ4n) is 1.80. The first-order valence-electron chi connectivity index (χ1n) is 5.09. The molecule has 0 spiro atoms. The van der Waals surface area contributed by atoms with Gasteiger partial charge in [-0.25, -0.2) is 0 Å². The SMILES string of the molecule is Cc1ccsc1C(=O)NC1(CCl)CCC1. The topological polar surface area (TPSA) is 29.1 Å². The number of rotatable bonds is 3. The molecular formula is C11H14ClNOS. The highest BCUT2D eigenvalue weighted by atomic mass is 35.5. The molecule has 0 atom stereocenters. The monoisotopic (exact) mass is 243 g/mol. The lowest BCUT2D eigenvalue weighted by Crippen LogP contribution is -2.54. The number of nitrogens with one attached hydrogen (secondary N) is 1. The summed E-state index contributed by atoms with van der Waals surface area (Å²) in [5.74, 6) is 0.547. The van der Waals surface area contributed by atoms with Crippen LogP contribution >= 0.6 is 22.9 Å². The summed E-state index contributed by atoms with van der Waals surface area (Å²) < 4.78 is 0. The van der Waals surface area contributed by atoms with Crippen molar-refractivity contribution in [1.29, 1.82) is 0 Å². The highest BCUT2D eigenvalue weighted by Gasteiger charge is 2.37. The largest absolute Gasteiger partial charge is 0.345 e. The van der Waals surface area contributed by atoms with E-state index in [2.05, 4.69) is 5.32 Å². The van der Waals surface area contributed by atoms with Crippen molar-refractivity contribution in [3.8, 4) is 0 Å². The standard InChI is InChI=1S/C11H14ClNOS/c1-8-3-6-15-9(8)10(14)13-11(7-12)4-2-5-11/h3,6H,2,4-5,7H2,1H3,(H,13,14). The van der Waals surface area contributed by atoms with Gasteiger partial charge in [-0.1, -0.05) is 0 Å². The van der Waals surface area contributed by atoms with Gasteiger partial charge in [0.2, 0.25) is 0 Å². The highest BCUT2D eigenvalue weighted by molar-refractivity contribution is 7.12. The van der Waals surface area contributed by atoms with Gasteiger partial charge in [0, 0.05) is 5.88 Å². The number of carbonyl (C=O) groups is 1. The minimum Gasteiger partial charge on any atom is -0.345 e. The van der Waals surface area contributed by atoms with Gasteiger partial charge in [0.15, 0.2) is 0 Å². The number of carbonyl (C=O) groups excluding carboxylic acids is 1. The predicted octanol–water partition coefficient (Wildman–Crippen LogP) is 2.95. The number of hydrogen-bond acceptors (Lipinski definition) is 2. The van der Waals surface area contributed by atoms with Gasteiger partial charge in [0.05, 0.1) is 10.4 Å². The molecule has 82 valence electrons. The predicted molar refractivity (Wildman–Crippen MR) is 63.8 cm³/mol. The number of halogens is 1. The molecule has 1 fully saturated rings. The highest BCUT2D eigenvalue weighted by Crippen LogP contribution is 2.33. The molecule has 0 aliphatic heterocycles. The summed E-state index contributed by atoms with van der Waals surface area (Å²) >= 11 is 7.38. The molecular weight excluding hydrogens is 230 g/mol. The third kappa shape index (κ3) is 2.04. The summed E-state index contributed by atoms with van der Waals surface area (Å²) in [5.41, 5.74) is 0.913. The van der Waals surface area contributed by atoms with E-state index in [0.717, 1.165) is 29.7 Å². The Morgan fingerprint density at radius 1 is 1.67 bits per heavy atom. The average molecular weight is 244 g/mol. The third-order valence-corrected chi connectivity index (χ3v) is 4.54. The minimum absolute atomic E-state index is 0.0304. The van der Waals surface area contributed by atoms with Gasteiger partial charge in [0.1, 0.15) is 0 Å². The smallest absolute Gasteiger partial charge is 0.262 e. The lowest BCUT2D eigenvalue weighted by atomic mass is 9.78. The van der Waals surface area contributed by atoms with Crippen molar-refractivity contribution in [3.05, 3.63) is 21.9 Å². The fraction of sp³-hybridized carbons (Fsp3) is 0.545. The zero-order valence-corrected chi connectivity index (χ0v) is 10.3. The molecule has 2 rings (SSSR count). The number of hydrogen-bond donors (Lipinski definition) is 1. The first-order chi connectivity index (χ1) is 7.17. The van der Waals surface area contributed by atoms with Crippen molar-refractivity contribution >= 4 is 28.8 Å². The van der Waals surface area contributed by atoms with Gasteiger partial charge >= 0.3 is 0 Å². The number of aryl methyl sites for hydroxylation is 1. The van der Waals surface area contributed by atoms with Crippen LogP contribution in [0.25, 0.3) is 0 Å². The molecule has 1 heterocycles. The Balaban J connectivity index is 2.07. The van der Waals surface area contributed by atoms with E-state index < -0.39 is 0 Å². The molecule has 1 N–H and O–H groups in total. The second-order valence-electron chi connectivity index (χ2n) is 4.15. The molecule has 0 bridgehead atoms. The van der Waals surface area contributed by atoms with Gasteiger partial charge in [-0.05, 0) is 43.2 Å². The van der Waals surface area contributed by atoms with E-state index in [4.69, 9.17) is 11.6 Å². The van der Waals surface area contributed by atoms with Crippen LogP contribution in [0.15, 0.2) is 11.4 Å².